The molecular formula is C12H22O5S2. The maximum Gasteiger partial charge on any atom is 0.111 e. The molecule has 0 saturated carbocycles. The van der Waals surface area contributed by atoms with Gasteiger partial charge in [-0.1, -0.05) is 0 Å². The van der Waals surface area contributed by atoms with Crippen LogP contribution in [0.5, 0.6) is 0 Å². The molecule has 0 amide bonds. The molecule has 1 unspecified atom stereocenters. The molecule has 1 heterocycles. The number of thioether (sulfide) groups is 1. The normalized spacial score (nSPS) is 26.0. The molecule has 19 heavy (non-hydrogen) atoms. The first-order valence-corrected chi connectivity index (χ1v) is 8.89. The third-order valence-corrected chi connectivity index (χ3v) is 4.09. The zero-order valence-electron chi connectivity index (χ0n) is 11.1. The monoisotopic (exact) mass is 310 g/mol. The van der Waals surface area contributed by atoms with Crippen molar-refractivity contribution < 1.29 is 23.2 Å². The average molecular weight is 310 g/mol. The number of ether oxygens (including phenoxy) is 4. The molecule has 0 aromatic heterocycles. The molecule has 0 N–H and O–H groups in total. The quantitative estimate of drug-likeness (QED) is 0.666. The summed E-state index contributed by atoms with van der Waals surface area (Å²) in [6.07, 6.45) is 1.47. The van der Waals surface area contributed by atoms with E-state index in [4.69, 9.17) is 18.9 Å². The lowest BCUT2D eigenvalue weighted by Gasteiger charge is -2.07. The molecule has 5 nitrogen and oxygen atoms in total. The average Bonchev–Trinajstić information content (AvgIpc) is 2.41. The standard InChI is InChI=1S/C12H22O5S2/c13-19-11-7-16-3-1-14-5-9-18-10-6-15-2-4-17-8-12-19/h7,11H,1-6,8-10,12H2. The van der Waals surface area contributed by atoms with E-state index in [0.29, 0.717) is 45.4 Å². The van der Waals surface area contributed by atoms with Gasteiger partial charge in [-0.15, -0.1) is 0 Å². The molecule has 1 rings (SSSR count). The van der Waals surface area contributed by atoms with Crippen LogP contribution < -0.4 is 0 Å². The summed E-state index contributed by atoms with van der Waals surface area (Å²) in [6.45, 7) is 4.08. The molecule has 1 aliphatic heterocycles. The van der Waals surface area contributed by atoms with E-state index in [1.807, 2.05) is 11.8 Å². The van der Waals surface area contributed by atoms with Crippen molar-refractivity contribution in [3.63, 3.8) is 0 Å². The molecule has 0 aromatic carbocycles. The van der Waals surface area contributed by atoms with Gasteiger partial charge in [0.15, 0.2) is 0 Å². The Bertz CT molecular complexity index is 261. The van der Waals surface area contributed by atoms with E-state index in [9.17, 15) is 4.21 Å². The molecule has 1 atom stereocenters. The highest BCUT2D eigenvalue weighted by molar-refractivity contribution is 7.99. The van der Waals surface area contributed by atoms with Gasteiger partial charge in [0.05, 0.1) is 62.5 Å². The lowest BCUT2D eigenvalue weighted by Crippen LogP contribution is -2.11. The third kappa shape index (κ3) is 11.4. The van der Waals surface area contributed by atoms with Gasteiger partial charge in [-0.2, -0.15) is 11.8 Å². The summed E-state index contributed by atoms with van der Waals surface area (Å²) in [5, 5.41) is 1.54. The smallest absolute Gasteiger partial charge is 0.111 e. The molecule has 7 heteroatoms. The van der Waals surface area contributed by atoms with Crippen LogP contribution in [-0.4, -0.2) is 67.7 Å². The van der Waals surface area contributed by atoms with Crippen LogP contribution in [0.3, 0.4) is 0 Å². The molecule has 0 aromatic rings. The van der Waals surface area contributed by atoms with E-state index in [-0.39, 0.29) is 0 Å². The Hall–Kier alpha value is -0.0800. The van der Waals surface area contributed by atoms with Gasteiger partial charge in [-0.3, -0.25) is 4.21 Å². The second kappa shape index (κ2) is 12.9. The van der Waals surface area contributed by atoms with E-state index >= 15 is 0 Å². The lowest BCUT2D eigenvalue weighted by atomic mass is 10.7. The maximum absolute atomic E-state index is 11.5. The fraction of sp³-hybridized carbons (Fsp3) is 0.833. The molecule has 0 bridgehead atoms. The second-order valence-corrected chi connectivity index (χ2v) is 6.34. The van der Waals surface area contributed by atoms with Gasteiger partial charge in [0.1, 0.15) is 6.61 Å². The summed E-state index contributed by atoms with van der Waals surface area (Å²) in [5.74, 6) is 2.40. The highest BCUT2D eigenvalue weighted by Crippen LogP contribution is 1.99. The highest BCUT2D eigenvalue weighted by Gasteiger charge is 1.97. The minimum absolute atomic E-state index is 0.470. The Morgan fingerprint density at radius 1 is 0.842 bits per heavy atom. The van der Waals surface area contributed by atoms with Gasteiger partial charge in [0, 0.05) is 16.9 Å². The van der Waals surface area contributed by atoms with E-state index in [0.717, 1.165) is 18.1 Å². The second-order valence-electron chi connectivity index (χ2n) is 3.68. The Labute approximate surface area is 121 Å². The fourth-order valence-electron chi connectivity index (χ4n) is 1.25. The van der Waals surface area contributed by atoms with Gasteiger partial charge >= 0.3 is 0 Å². The molecule has 0 radical (unpaired) electrons. The van der Waals surface area contributed by atoms with Crippen LogP contribution in [0.25, 0.3) is 0 Å². The van der Waals surface area contributed by atoms with Crippen LogP contribution in [0.15, 0.2) is 11.7 Å². The van der Waals surface area contributed by atoms with Crippen molar-refractivity contribution in [1.82, 2.24) is 0 Å². The van der Waals surface area contributed by atoms with Crippen molar-refractivity contribution in [2.24, 2.45) is 0 Å². The number of rotatable bonds is 0. The van der Waals surface area contributed by atoms with Crippen LogP contribution in [-0.2, 0) is 29.7 Å². The Kier molecular flexibility index (Phi) is 11.5. The molecule has 112 valence electrons. The third-order valence-electron chi connectivity index (χ3n) is 2.19. The molecular weight excluding hydrogens is 288 g/mol. The van der Waals surface area contributed by atoms with Gasteiger partial charge in [-0.05, 0) is 0 Å². The summed E-state index contributed by atoms with van der Waals surface area (Å²) in [6, 6.07) is 0. The topological polar surface area (TPSA) is 54.0 Å². The van der Waals surface area contributed by atoms with Crippen LogP contribution in [0.2, 0.25) is 0 Å². The zero-order valence-corrected chi connectivity index (χ0v) is 12.7. The Morgan fingerprint density at radius 3 is 2.21 bits per heavy atom. The van der Waals surface area contributed by atoms with Crippen molar-refractivity contribution in [1.29, 1.82) is 0 Å². The predicted molar refractivity (Wildman–Crippen MR) is 77.9 cm³/mol. The first-order chi connectivity index (χ1) is 9.39. The minimum Gasteiger partial charge on any atom is -0.498 e. The SMILES string of the molecule is O=S1C=COCCOCCSCCOCCOCC1. The molecule has 0 fully saturated rings. The summed E-state index contributed by atoms with van der Waals surface area (Å²) in [4.78, 5) is 0. The largest absolute Gasteiger partial charge is 0.498 e. The summed E-state index contributed by atoms with van der Waals surface area (Å²) < 4.78 is 32.8. The maximum atomic E-state index is 11.5. The van der Waals surface area contributed by atoms with Crippen LogP contribution in [0.1, 0.15) is 0 Å². The van der Waals surface area contributed by atoms with E-state index in [1.54, 1.807) is 5.41 Å². The van der Waals surface area contributed by atoms with Crippen molar-refractivity contribution in [3.8, 4) is 0 Å². The molecule has 0 saturated heterocycles. The fourth-order valence-corrected chi connectivity index (χ4v) is 2.54. The lowest BCUT2D eigenvalue weighted by molar-refractivity contribution is 0.0602. The van der Waals surface area contributed by atoms with Crippen molar-refractivity contribution in [3.05, 3.63) is 11.7 Å². The van der Waals surface area contributed by atoms with E-state index in [2.05, 4.69) is 0 Å². The van der Waals surface area contributed by atoms with Crippen LogP contribution in [0.4, 0.5) is 0 Å². The van der Waals surface area contributed by atoms with Gasteiger partial charge in [0.25, 0.3) is 0 Å². The zero-order chi connectivity index (χ0) is 13.6. The first-order valence-electron chi connectivity index (χ1n) is 6.36. The van der Waals surface area contributed by atoms with Crippen LogP contribution in [0, 0.1) is 0 Å². The van der Waals surface area contributed by atoms with Crippen LogP contribution >= 0.6 is 11.8 Å². The summed E-state index contributed by atoms with van der Waals surface area (Å²) >= 11 is 1.81. The predicted octanol–water partition coefficient (Wildman–Crippen LogP) is 1.02. The van der Waals surface area contributed by atoms with Gasteiger partial charge in [0.2, 0.25) is 0 Å². The van der Waals surface area contributed by atoms with Crippen molar-refractivity contribution in [2.45, 2.75) is 0 Å². The molecule has 0 aliphatic carbocycles. The number of hydrogen-bond acceptors (Lipinski definition) is 6. The molecule has 0 spiro atoms. The minimum atomic E-state index is -1.04. The van der Waals surface area contributed by atoms with Crippen molar-refractivity contribution in [2.75, 3.05) is 63.5 Å². The summed E-state index contributed by atoms with van der Waals surface area (Å²) in [5.41, 5.74) is 0. The first kappa shape index (κ1) is 17.0. The highest BCUT2D eigenvalue weighted by atomic mass is 32.2. The van der Waals surface area contributed by atoms with Gasteiger partial charge in [-0.25, -0.2) is 0 Å². The Morgan fingerprint density at radius 2 is 1.47 bits per heavy atom. The van der Waals surface area contributed by atoms with Gasteiger partial charge < -0.3 is 18.9 Å². The van der Waals surface area contributed by atoms with E-state index in [1.165, 1.54) is 6.26 Å². The Balaban J connectivity index is 2.17. The number of hydrogen-bond donors (Lipinski definition) is 0. The van der Waals surface area contributed by atoms with E-state index < -0.39 is 10.8 Å². The summed E-state index contributed by atoms with van der Waals surface area (Å²) in [7, 11) is -1.04. The van der Waals surface area contributed by atoms with Crippen molar-refractivity contribution >= 4 is 22.6 Å². The molecule has 1 aliphatic rings.